The van der Waals surface area contributed by atoms with Crippen LogP contribution in [0.4, 0.5) is 0 Å². The summed E-state index contributed by atoms with van der Waals surface area (Å²) in [6.45, 7) is 0.483. The summed E-state index contributed by atoms with van der Waals surface area (Å²) in [7, 11) is 1.37. The van der Waals surface area contributed by atoms with Gasteiger partial charge in [-0.1, -0.05) is 6.07 Å². The predicted molar refractivity (Wildman–Crippen MR) is 75.5 cm³/mol. The Morgan fingerprint density at radius 1 is 1.56 bits per heavy atom. The Balaban J connectivity index is 2.34. The van der Waals surface area contributed by atoms with Gasteiger partial charge in [0.25, 0.3) is 0 Å². The summed E-state index contributed by atoms with van der Waals surface area (Å²) in [5.74, 6) is 0.457. The lowest BCUT2D eigenvalue weighted by Crippen LogP contribution is -2.40. The molecule has 1 rings (SSSR count). The highest BCUT2D eigenvalue weighted by Crippen LogP contribution is 2.10. The highest BCUT2D eigenvalue weighted by molar-refractivity contribution is 7.98. The first-order valence-corrected chi connectivity index (χ1v) is 7.83. The van der Waals surface area contributed by atoms with Crippen LogP contribution in [0.3, 0.4) is 0 Å². The van der Waals surface area contributed by atoms with Crippen LogP contribution in [-0.2, 0) is 9.53 Å². The first-order chi connectivity index (χ1) is 8.69. The van der Waals surface area contributed by atoms with E-state index in [1.54, 1.807) is 11.8 Å². The molecule has 1 unspecified atom stereocenters. The third-order valence-electron chi connectivity index (χ3n) is 2.36. The fourth-order valence-electron chi connectivity index (χ4n) is 1.44. The van der Waals surface area contributed by atoms with Crippen molar-refractivity contribution in [3.8, 4) is 0 Å². The molecule has 0 radical (unpaired) electrons. The molecule has 18 heavy (non-hydrogen) atoms. The zero-order valence-electron chi connectivity index (χ0n) is 10.5. The lowest BCUT2D eigenvalue weighted by atomic mass is 10.2. The number of methoxy groups -OCH3 is 1. The molecular formula is C12H17NO3S2. The first kappa shape index (κ1) is 15.2. The second-order valence-corrected chi connectivity index (χ2v) is 5.49. The Morgan fingerprint density at radius 3 is 2.89 bits per heavy atom. The van der Waals surface area contributed by atoms with Crippen molar-refractivity contribution in [3.05, 3.63) is 22.4 Å². The number of esters is 1. The van der Waals surface area contributed by atoms with Crippen LogP contribution >= 0.6 is 23.1 Å². The van der Waals surface area contributed by atoms with E-state index in [2.05, 4.69) is 5.32 Å². The van der Waals surface area contributed by atoms with Crippen LogP contribution < -0.4 is 5.32 Å². The van der Waals surface area contributed by atoms with Crippen LogP contribution in [-0.4, -0.2) is 43.5 Å². The van der Waals surface area contributed by atoms with Crippen molar-refractivity contribution in [1.29, 1.82) is 0 Å². The second kappa shape index (κ2) is 8.29. The van der Waals surface area contributed by atoms with Gasteiger partial charge in [-0.3, -0.25) is 9.59 Å². The highest BCUT2D eigenvalue weighted by atomic mass is 32.2. The number of carbonyl (C=O) groups excluding carboxylic acids is 2. The standard InChI is InChI=1S/C12H17NO3S2/c1-16-12(15)9(8-17-2)13-6-5-10(14)11-4-3-7-18-11/h3-4,7,9,13H,5-6,8H2,1-2H3. The monoisotopic (exact) mass is 287 g/mol. The average molecular weight is 287 g/mol. The van der Waals surface area contributed by atoms with Crippen LogP contribution in [0.15, 0.2) is 17.5 Å². The van der Waals surface area contributed by atoms with Gasteiger partial charge in [0.1, 0.15) is 6.04 Å². The Bertz CT molecular complexity index is 379. The van der Waals surface area contributed by atoms with E-state index in [4.69, 9.17) is 4.74 Å². The normalized spacial score (nSPS) is 12.1. The number of hydrogen-bond donors (Lipinski definition) is 1. The summed E-state index contributed by atoms with van der Waals surface area (Å²) in [5.41, 5.74) is 0. The predicted octanol–water partition coefficient (Wildman–Crippen LogP) is 1.82. The number of carbonyl (C=O) groups is 2. The number of rotatable bonds is 8. The van der Waals surface area contributed by atoms with Crippen LogP contribution in [0.5, 0.6) is 0 Å². The molecule has 0 fully saturated rings. The molecule has 1 aromatic heterocycles. The molecule has 0 spiro atoms. The molecule has 0 aromatic carbocycles. The molecule has 1 N–H and O–H groups in total. The van der Waals surface area contributed by atoms with Gasteiger partial charge in [0.15, 0.2) is 5.78 Å². The summed E-state index contributed by atoms with van der Waals surface area (Å²) < 4.78 is 4.70. The van der Waals surface area contributed by atoms with Gasteiger partial charge in [-0.05, 0) is 17.7 Å². The van der Waals surface area contributed by atoms with E-state index in [1.165, 1.54) is 18.4 Å². The van der Waals surface area contributed by atoms with E-state index < -0.39 is 0 Å². The minimum atomic E-state index is -0.346. The van der Waals surface area contributed by atoms with Gasteiger partial charge in [-0.15, -0.1) is 11.3 Å². The van der Waals surface area contributed by atoms with Crippen molar-refractivity contribution in [1.82, 2.24) is 5.32 Å². The molecular weight excluding hydrogens is 270 g/mol. The molecule has 1 atom stereocenters. The lowest BCUT2D eigenvalue weighted by Gasteiger charge is -2.14. The number of ether oxygens (including phenoxy) is 1. The number of ketones is 1. The SMILES string of the molecule is COC(=O)C(CSC)NCCC(=O)c1cccs1. The van der Waals surface area contributed by atoms with Crippen molar-refractivity contribution in [2.75, 3.05) is 25.7 Å². The second-order valence-electron chi connectivity index (χ2n) is 3.64. The summed E-state index contributed by atoms with van der Waals surface area (Å²) in [6, 6.07) is 3.32. The minimum Gasteiger partial charge on any atom is -0.468 e. The lowest BCUT2D eigenvalue weighted by molar-refractivity contribution is -0.142. The summed E-state index contributed by atoms with van der Waals surface area (Å²) in [5, 5.41) is 4.93. The maximum atomic E-state index is 11.7. The van der Waals surface area contributed by atoms with Gasteiger partial charge in [-0.2, -0.15) is 11.8 Å². The molecule has 0 bridgehead atoms. The third kappa shape index (κ3) is 4.80. The number of hydrogen-bond acceptors (Lipinski definition) is 6. The largest absolute Gasteiger partial charge is 0.468 e. The molecule has 1 aromatic rings. The van der Waals surface area contributed by atoms with E-state index in [9.17, 15) is 9.59 Å². The van der Waals surface area contributed by atoms with Gasteiger partial charge in [0.05, 0.1) is 12.0 Å². The molecule has 0 aliphatic rings. The zero-order valence-corrected chi connectivity index (χ0v) is 12.1. The van der Waals surface area contributed by atoms with E-state index in [0.29, 0.717) is 18.7 Å². The van der Waals surface area contributed by atoms with Gasteiger partial charge in [0, 0.05) is 18.7 Å². The van der Waals surface area contributed by atoms with E-state index in [1.807, 2.05) is 23.8 Å². The van der Waals surface area contributed by atoms with Gasteiger partial charge in [0.2, 0.25) is 0 Å². The highest BCUT2D eigenvalue weighted by Gasteiger charge is 2.18. The Labute approximate surface area is 115 Å². The molecule has 0 aliphatic heterocycles. The van der Waals surface area contributed by atoms with Crippen LogP contribution in [0, 0.1) is 0 Å². The zero-order chi connectivity index (χ0) is 13.4. The van der Waals surface area contributed by atoms with E-state index in [0.717, 1.165) is 4.88 Å². The summed E-state index contributed by atoms with van der Waals surface area (Å²) in [6.07, 6.45) is 2.32. The Kier molecular flexibility index (Phi) is 7.00. The number of thiophene rings is 1. The van der Waals surface area contributed by atoms with Crippen LogP contribution in [0.25, 0.3) is 0 Å². The molecule has 0 saturated heterocycles. The molecule has 0 saturated carbocycles. The first-order valence-electron chi connectivity index (χ1n) is 5.56. The van der Waals surface area contributed by atoms with Gasteiger partial charge >= 0.3 is 5.97 Å². The van der Waals surface area contributed by atoms with Crippen LogP contribution in [0.1, 0.15) is 16.1 Å². The quantitative estimate of drug-likeness (QED) is 0.584. The van der Waals surface area contributed by atoms with Gasteiger partial charge in [-0.25, -0.2) is 0 Å². The number of Topliss-reactive ketones (excluding diaryl/α,β-unsaturated/α-hetero) is 1. The molecule has 1 heterocycles. The Morgan fingerprint density at radius 2 is 2.33 bits per heavy atom. The maximum Gasteiger partial charge on any atom is 0.323 e. The maximum absolute atomic E-state index is 11.7. The van der Waals surface area contributed by atoms with Crippen molar-refractivity contribution in [2.45, 2.75) is 12.5 Å². The minimum absolute atomic E-state index is 0.102. The van der Waals surface area contributed by atoms with E-state index >= 15 is 0 Å². The topological polar surface area (TPSA) is 55.4 Å². The Hall–Kier alpha value is -0.850. The van der Waals surface area contributed by atoms with Crippen LogP contribution in [0.2, 0.25) is 0 Å². The summed E-state index contributed by atoms with van der Waals surface area (Å²) in [4.78, 5) is 23.9. The van der Waals surface area contributed by atoms with E-state index in [-0.39, 0.29) is 17.8 Å². The third-order valence-corrected chi connectivity index (χ3v) is 3.94. The van der Waals surface area contributed by atoms with Crippen molar-refractivity contribution >= 4 is 34.9 Å². The number of thioether (sulfide) groups is 1. The smallest absolute Gasteiger partial charge is 0.323 e. The fraction of sp³-hybridized carbons (Fsp3) is 0.500. The van der Waals surface area contributed by atoms with Gasteiger partial charge < -0.3 is 10.1 Å². The van der Waals surface area contributed by atoms with Crippen molar-refractivity contribution in [3.63, 3.8) is 0 Å². The summed E-state index contributed by atoms with van der Waals surface area (Å²) >= 11 is 3.00. The van der Waals surface area contributed by atoms with Crippen molar-refractivity contribution in [2.24, 2.45) is 0 Å². The number of nitrogens with one attached hydrogen (secondary N) is 1. The molecule has 0 amide bonds. The molecule has 4 nitrogen and oxygen atoms in total. The van der Waals surface area contributed by atoms with Crippen molar-refractivity contribution < 1.29 is 14.3 Å². The molecule has 6 heteroatoms. The fourth-order valence-corrected chi connectivity index (χ4v) is 2.72. The average Bonchev–Trinajstić information content (AvgIpc) is 2.90. The molecule has 100 valence electrons. The molecule has 0 aliphatic carbocycles.